The summed E-state index contributed by atoms with van der Waals surface area (Å²) in [6.45, 7) is 1.69. The van der Waals surface area contributed by atoms with Crippen molar-refractivity contribution in [1.82, 2.24) is 0 Å². The summed E-state index contributed by atoms with van der Waals surface area (Å²) in [5, 5.41) is 4.09. The van der Waals surface area contributed by atoms with Crippen molar-refractivity contribution in [1.29, 1.82) is 0 Å². The monoisotopic (exact) mass is 334 g/mol. The van der Waals surface area contributed by atoms with E-state index in [1.807, 2.05) is 0 Å². The molecule has 0 unspecified atom stereocenters. The molecule has 0 aliphatic rings. The first-order valence-electron chi connectivity index (χ1n) is 8.39. The second kappa shape index (κ2) is 7.55. The maximum atomic E-state index is 11.8. The summed E-state index contributed by atoms with van der Waals surface area (Å²) in [4.78, 5) is 11.8. The number of hydrogen-bond donors (Lipinski definition) is 0. The molecule has 0 aromatic heterocycles. The average Bonchev–Trinajstić information content (AvgIpc) is 2.65. The zero-order valence-corrected chi connectivity index (χ0v) is 15.0. The fourth-order valence-electron chi connectivity index (χ4n) is 3.46. The Labute approximate surface area is 144 Å². The minimum atomic E-state index is -2.21. The van der Waals surface area contributed by atoms with Crippen molar-refractivity contribution >= 4 is 29.0 Å². The molecular weight excluding hydrogens is 311 g/mol. The Hall–Kier alpha value is -2.24. The van der Waals surface area contributed by atoms with Crippen molar-refractivity contribution in [3.63, 3.8) is 0 Å². The van der Waals surface area contributed by atoms with E-state index in [4.69, 9.17) is 0 Å². The molecule has 3 aromatic carbocycles. The van der Waals surface area contributed by atoms with Gasteiger partial charge in [0.15, 0.2) is 0 Å². The van der Waals surface area contributed by atoms with Crippen molar-refractivity contribution in [3.05, 3.63) is 91.0 Å². The first kappa shape index (κ1) is 16.6. The molecular formula is C22H23OP. The summed E-state index contributed by atoms with van der Waals surface area (Å²) in [5.41, 5.74) is 0. The van der Waals surface area contributed by atoms with Crippen LogP contribution in [0.4, 0.5) is 0 Å². The third-order valence-corrected chi connectivity index (χ3v) is 9.61. The third kappa shape index (κ3) is 3.32. The zero-order chi connectivity index (χ0) is 16.8. The number of carbonyl (C=O) groups is 1. The van der Waals surface area contributed by atoms with E-state index in [2.05, 4.69) is 91.0 Å². The summed E-state index contributed by atoms with van der Waals surface area (Å²) >= 11 is 0. The van der Waals surface area contributed by atoms with Gasteiger partial charge in [0.2, 0.25) is 0 Å². The van der Waals surface area contributed by atoms with Crippen LogP contribution in [0.2, 0.25) is 0 Å². The summed E-state index contributed by atoms with van der Waals surface area (Å²) in [5.74, 6) is 0.259. The first-order chi connectivity index (χ1) is 11.7. The molecule has 1 nitrogen and oxygen atoms in total. The molecule has 0 spiro atoms. The van der Waals surface area contributed by atoms with Gasteiger partial charge in [0.1, 0.15) is 0 Å². The van der Waals surface area contributed by atoms with Gasteiger partial charge in [-0.3, -0.25) is 0 Å². The number of carbonyl (C=O) groups excluding carboxylic acids is 1. The summed E-state index contributed by atoms with van der Waals surface area (Å²) < 4.78 is 0. The number of hydrogen-bond acceptors (Lipinski definition) is 1. The molecule has 0 aliphatic heterocycles. The molecule has 0 saturated carbocycles. The van der Waals surface area contributed by atoms with E-state index in [1.165, 1.54) is 15.9 Å². The summed E-state index contributed by atoms with van der Waals surface area (Å²) in [6, 6.07) is 32.2. The van der Waals surface area contributed by atoms with Crippen LogP contribution >= 0.6 is 7.26 Å². The second-order valence-corrected chi connectivity index (χ2v) is 10.2. The van der Waals surface area contributed by atoms with Crippen molar-refractivity contribution in [2.45, 2.75) is 13.3 Å². The zero-order valence-electron chi connectivity index (χ0n) is 14.0. The molecule has 0 saturated heterocycles. The van der Waals surface area contributed by atoms with E-state index in [0.29, 0.717) is 6.42 Å². The Kier molecular flexibility index (Phi) is 5.23. The van der Waals surface area contributed by atoms with E-state index in [9.17, 15) is 4.79 Å². The SMILES string of the molecule is CC(=O)CC[PH](c1ccccc1)(c1ccccc1)c1ccccc1. The van der Waals surface area contributed by atoms with Crippen LogP contribution in [0.5, 0.6) is 0 Å². The molecule has 3 aromatic rings. The number of ketones is 1. The topological polar surface area (TPSA) is 17.1 Å². The fourth-order valence-corrected chi connectivity index (χ4v) is 8.34. The van der Waals surface area contributed by atoms with E-state index in [-0.39, 0.29) is 5.78 Å². The number of benzene rings is 3. The minimum absolute atomic E-state index is 0.259. The van der Waals surface area contributed by atoms with Gasteiger partial charge in [0.25, 0.3) is 0 Å². The molecule has 24 heavy (non-hydrogen) atoms. The molecule has 2 heteroatoms. The van der Waals surface area contributed by atoms with Crippen LogP contribution in [0.15, 0.2) is 91.0 Å². The molecule has 3 rings (SSSR count). The van der Waals surface area contributed by atoms with Crippen LogP contribution in [0.1, 0.15) is 13.3 Å². The normalized spacial score (nSPS) is 11.9. The van der Waals surface area contributed by atoms with Crippen LogP contribution in [0, 0.1) is 0 Å². The Bertz CT molecular complexity index is 685. The van der Waals surface area contributed by atoms with Gasteiger partial charge in [-0.2, -0.15) is 0 Å². The van der Waals surface area contributed by atoms with Crippen molar-refractivity contribution < 1.29 is 4.79 Å². The molecule has 0 radical (unpaired) electrons. The quantitative estimate of drug-likeness (QED) is 0.628. The Balaban J connectivity index is 2.26. The standard InChI is InChI=1S/C22H23OP/c1-19(23)17-18-24(20-11-5-2-6-12-20,21-13-7-3-8-14-21)22-15-9-4-10-16-22/h2-16,24H,17-18H2,1H3. The van der Waals surface area contributed by atoms with E-state index < -0.39 is 7.26 Å². The third-order valence-electron chi connectivity index (χ3n) is 4.65. The van der Waals surface area contributed by atoms with Gasteiger partial charge in [0, 0.05) is 0 Å². The van der Waals surface area contributed by atoms with E-state index >= 15 is 0 Å². The van der Waals surface area contributed by atoms with Crippen LogP contribution < -0.4 is 15.9 Å². The van der Waals surface area contributed by atoms with Gasteiger partial charge in [-0.15, -0.1) is 0 Å². The Morgan fingerprint density at radius 1 is 0.667 bits per heavy atom. The van der Waals surface area contributed by atoms with Gasteiger partial charge in [-0.1, -0.05) is 0 Å². The van der Waals surface area contributed by atoms with Crippen molar-refractivity contribution in [3.8, 4) is 0 Å². The van der Waals surface area contributed by atoms with Gasteiger partial charge in [-0.25, -0.2) is 0 Å². The number of rotatable bonds is 6. The summed E-state index contributed by atoms with van der Waals surface area (Å²) in [7, 11) is -2.21. The molecule has 122 valence electrons. The van der Waals surface area contributed by atoms with Crippen LogP contribution in [-0.2, 0) is 4.79 Å². The van der Waals surface area contributed by atoms with Crippen LogP contribution in [0.25, 0.3) is 0 Å². The predicted octanol–water partition coefficient (Wildman–Crippen LogP) is 3.69. The molecule has 0 bridgehead atoms. The van der Waals surface area contributed by atoms with Gasteiger partial charge >= 0.3 is 144 Å². The van der Waals surface area contributed by atoms with Crippen LogP contribution in [-0.4, -0.2) is 11.9 Å². The average molecular weight is 334 g/mol. The molecule has 0 amide bonds. The molecule has 0 heterocycles. The molecule has 0 atom stereocenters. The van der Waals surface area contributed by atoms with E-state index in [1.54, 1.807) is 6.92 Å². The molecule has 0 fully saturated rings. The fraction of sp³-hybridized carbons (Fsp3) is 0.136. The first-order valence-corrected chi connectivity index (χ1v) is 10.6. The second-order valence-electron chi connectivity index (χ2n) is 6.21. The Morgan fingerprint density at radius 2 is 1.00 bits per heavy atom. The number of Topliss-reactive ketones (excluding diaryl/α,β-unsaturated/α-hetero) is 1. The summed E-state index contributed by atoms with van der Waals surface area (Å²) in [6.07, 6.45) is 1.52. The van der Waals surface area contributed by atoms with Crippen LogP contribution in [0.3, 0.4) is 0 Å². The van der Waals surface area contributed by atoms with Gasteiger partial charge in [-0.05, 0) is 0 Å². The predicted molar refractivity (Wildman–Crippen MR) is 107 cm³/mol. The Morgan fingerprint density at radius 3 is 1.29 bits per heavy atom. The maximum absolute atomic E-state index is 11.8. The van der Waals surface area contributed by atoms with Gasteiger partial charge in [0.05, 0.1) is 0 Å². The van der Waals surface area contributed by atoms with Crippen molar-refractivity contribution in [2.75, 3.05) is 6.16 Å². The molecule has 0 N–H and O–H groups in total. The van der Waals surface area contributed by atoms with E-state index in [0.717, 1.165) is 6.16 Å². The molecule has 0 aliphatic carbocycles. The van der Waals surface area contributed by atoms with Gasteiger partial charge < -0.3 is 0 Å². The van der Waals surface area contributed by atoms with Crippen molar-refractivity contribution in [2.24, 2.45) is 0 Å².